The molecule has 1 aliphatic rings. The van der Waals surface area contributed by atoms with Crippen molar-refractivity contribution in [2.75, 3.05) is 19.0 Å². The topological polar surface area (TPSA) is 43.4 Å². The third-order valence-electron chi connectivity index (χ3n) is 4.72. The lowest BCUT2D eigenvalue weighted by atomic mass is 10.0. The molecular weight excluding hydrogens is 356 g/mol. The maximum atomic E-state index is 6.06. The van der Waals surface area contributed by atoms with E-state index >= 15 is 0 Å². The van der Waals surface area contributed by atoms with Gasteiger partial charge < -0.3 is 14.8 Å². The van der Waals surface area contributed by atoms with Crippen LogP contribution in [0.5, 0.6) is 11.5 Å². The molecular formula is C22H24N2O2S. The van der Waals surface area contributed by atoms with Gasteiger partial charge in [0, 0.05) is 22.4 Å². The van der Waals surface area contributed by atoms with Crippen molar-refractivity contribution in [2.24, 2.45) is 0 Å². The first-order valence-corrected chi connectivity index (χ1v) is 9.92. The van der Waals surface area contributed by atoms with E-state index in [9.17, 15) is 0 Å². The number of aromatic nitrogens is 1. The molecule has 2 heterocycles. The summed E-state index contributed by atoms with van der Waals surface area (Å²) in [5.74, 6) is 1.81. The Kier molecular flexibility index (Phi) is 4.56. The average Bonchev–Trinajstić information content (AvgIpc) is 3.01. The summed E-state index contributed by atoms with van der Waals surface area (Å²) in [6, 6.07) is 14.4. The van der Waals surface area contributed by atoms with Gasteiger partial charge in [0.05, 0.1) is 30.0 Å². The Morgan fingerprint density at radius 2 is 2.04 bits per heavy atom. The number of rotatable bonds is 4. The zero-order valence-electron chi connectivity index (χ0n) is 16.1. The lowest BCUT2D eigenvalue weighted by molar-refractivity contribution is 0.116. The van der Waals surface area contributed by atoms with Crippen LogP contribution in [0.4, 0.5) is 5.69 Å². The SMILES string of the molecule is COc1ccccc1Cc1nc(-c2ccc3c(c2)NCC(C)(C)O3)c(C)s1. The second-order valence-electron chi connectivity index (χ2n) is 7.43. The van der Waals surface area contributed by atoms with E-state index in [4.69, 9.17) is 14.5 Å². The van der Waals surface area contributed by atoms with Gasteiger partial charge >= 0.3 is 0 Å². The van der Waals surface area contributed by atoms with E-state index in [2.05, 4.69) is 44.3 Å². The van der Waals surface area contributed by atoms with Gasteiger partial charge in [-0.05, 0) is 45.0 Å². The van der Waals surface area contributed by atoms with Crippen molar-refractivity contribution in [3.8, 4) is 22.8 Å². The van der Waals surface area contributed by atoms with Gasteiger partial charge in [-0.2, -0.15) is 0 Å². The summed E-state index contributed by atoms with van der Waals surface area (Å²) >= 11 is 1.74. The number of hydrogen-bond donors (Lipinski definition) is 1. The number of fused-ring (bicyclic) bond motifs is 1. The van der Waals surface area contributed by atoms with Gasteiger partial charge in [0.15, 0.2) is 0 Å². The molecule has 0 saturated carbocycles. The zero-order chi connectivity index (χ0) is 19.0. The molecule has 0 radical (unpaired) electrons. The number of anilines is 1. The molecule has 1 aromatic heterocycles. The van der Waals surface area contributed by atoms with Crippen molar-refractivity contribution in [1.29, 1.82) is 0 Å². The highest BCUT2D eigenvalue weighted by molar-refractivity contribution is 7.12. The van der Waals surface area contributed by atoms with Gasteiger partial charge in [0.1, 0.15) is 17.1 Å². The van der Waals surface area contributed by atoms with Crippen molar-refractivity contribution in [2.45, 2.75) is 32.8 Å². The smallest absolute Gasteiger partial charge is 0.143 e. The van der Waals surface area contributed by atoms with Crippen LogP contribution in [0.25, 0.3) is 11.3 Å². The van der Waals surface area contributed by atoms with Gasteiger partial charge in [0.2, 0.25) is 0 Å². The fourth-order valence-electron chi connectivity index (χ4n) is 3.35. The van der Waals surface area contributed by atoms with Crippen LogP contribution in [-0.2, 0) is 6.42 Å². The van der Waals surface area contributed by atoms with Crippen LogP contribution < -0.4 is 14.8 Å². The van der Waals surface area contributed by atoms with E-state index in [-0.39, 0.29) is 5.60 Å². The minimum absolute atomic E-state index is 0.188. The lowest BCUT2D eigenvalue weighted by Gasteiger charge is -2.33. The fraction of sp³-hybridized carbons (Fsp3) is 0.318. The molecule has 0 spiro atoms. The highest BCUT2D eigenvalue weighted by atomic mass is 32.1. The number of nitrogens with one attached hydrogen (secondary N) is 1. The number of ether oxygens (including phenoxy) is 2. The van der Waals surface area contributed by atoms with Gasteiger partial charge in [-0.1, -0.05) is 18.2 Å². The second kappa shape index (κ2) is 6.89. The minimum atomic E-state index is -0.188. The molecule has 0 saturated heterocycles. The van der Waals surface area contributed by atoms with Crippen LogP contribution in [-0.4, -0.2) is 24.2 Å². The number of para-hydroxylation sites is 1. The van der Waals surface area contributed by atoms with Crippen molar-refractivity contribution < 1.29 is 9.47 Å². The van der Waals surface area contributed by atoms with Crippen LogP contribution in [0.3, 0.4) is 0 Å². The van der Waals surface area contributed by atoms with Gasteiger partial charge in [-0.15, -0.1) is 11.3 Å². The Morgan fingerprint density at radius 1 is 1.22 bits per heavy atom. The molecule has 0 atom stereocenters. The first kappa shape index (κ1) is 17.9. The van der Waals surface area contributed by atoms with E-state index in [1.54, 1.807) is 18.4 Å². The molecule has 2 aromatic carbocycles. The number of nitrogens with zero attached hydrogens (tertiary/aromatic N) is 1. The van der Waals surface area contributed by atoms with E-state index < -0.39 is 0 Å². The largest absolute Gasteiger partial charge is 0.496 e. The predicted octanol–water partition coefficient (Wildman–Crippen LogP) is 5.30. The van der Waals surface area contributed by atoms with E-state index in [1.807, 2.05) is 24.3 Å². The maximum absolute atomic E-state index is 6.06. The Hall–Kier alpha value is -2.53. The molecule has 0 amide bonds. The van der Waals surface area contributed by atoms with E-state index in [0.29, 0.717) is 0 Å². The van der Waals surface area contributed by atoms with Crippen LogP contribution in [0.15, 0.2) is 42.5 Å². The van der Waals surface area contributed by atoms with E-state index in [1.165, 1.54) is 4.88 Å². The molecule has 1 N–H and O–H groups in total. The molecule has 0 fully saturated rings. The summed E-state index contributed by atoms with van der Waals surface area (Å²) in [4.78, 5) is 6.14. The maximum Gasteiger partial charge on any atom is 0.143 e. The lowest BCUT2D eigenvalue weighted by Crippen LogP contribution is -2.39. The van der Waals surface area contributed by atoms with Crippen molar-refractivity contribution in [3.63, 3.8) is 0 Å². The molecule has 4 nitrogen and oxygen atoms in total. The van der Waals surface area contributed by atoms with Crippen LogP contribution in [0.2, 0.25) is 0 Å². The highest BCUT2D eigenvalue weighted by Crippen LogP contribution is 2.38. The summed E-state index contributed by atoms with van der Waals surface area (Å²) in [7, 11) is 1.71. The van der Waals surface area contributed by atoms with Gasteiger partial charge in [-0.25, -0.2) is 4.98 Å². The van der Waals surface area contributed by atoms with Gasteiger partial charge in [-0.3, -0.25) is 0 Å². The Labute approximate surface area is 164 Å². The number of methoxy groups -OCH3 is 1. The fourth-order valence-corrected chi connectivity index (χ4v) is 4.33. The molecule has 3 aromatic rings. The van der Waals surface area contributed by atoms with Gasteiger partial charge in [0.25, 0.3) is 0 Å². The highest BCUT2D eigenvalue weighted by Gasteiger charge is 2.26. The Balaban J connectivity index is 1.62. The summed E-state index contributed by atoms with van der Waals surface area (Å²) < 4.78 is 11.5. The summed E-state index contributed by atoms with van der Waals surface area (Å²) in [6.07, 6.45) is 0.774. The predicted molar refractivity (Wildman–Crippen MR) is 111 cm³/mol. The van der Waals surface area contributed by atoms with Crippen LogP contribution >= 0.6 is 11.3 Å². The van der Waals surface area contributed by atoms with Crippen LogP contribution in [0, 0.1) is 6.92 Å². The minimum Gasteiger partial charge on any atom is -0.496 e. The van der Waals surface area contributed by atoms with Crippen molar-refractivity contribution in [3.05, 3.63) is 57.9 Å². The van der Waals surface area contributed by atoms with Crippen molar-refractivity contribution >= 4 is 17.0 Å². The zero-order valence-corrected chi connectivity index (χ0v) is 16.9. The first-order valence-electron chi connectivity index (χ1n) is 9.11. The molecule has 0 aliphatic carbocycles. The summed E-state index contributed by atoms with van der Waals surface area (Å²) in [5.41, 5.74) is 4.16. The summed E-state index contributed by atoms with van der Waals surface area (Å²) in [6.45, 7) is 7.10. The number of benzene rings is 2. The number of thiazole rings is 1. The standard InChI is InChI=1S/C22H24N2O2S/c1-14-21(16-9-10-19-17(11-16)23-13-22(2,3)26-19)24-20(27-14)12-15-7-5-6-8-18(15)25-4/h5-11,23H,12-13H2,1-4H3. The quantitative estimate of drug-likeness (QED) is 0.667. The monoisotopic (exact) mass is 380 g/mol. The molecule has 4 rings (SSSR count). The Bertz CT molecular complexity index is 978. The second-order valence-corrected chi connectivity index (χ2v) is 8.72. The molecule has 27 heavy (non-hydrogen) atoms. The molecule has 140 valence electrons. The molecule has 0 bridgehead atoms. The third-order valence-corrected chi connectivity index (χ3v) is 5.69. The van der Waals surface area contributed by atoms with Crippen LogP contribution in [0.1, 0.15) is 29.3 Å². The summed E-state index contributed by atoms with van der Waals surface area (Å²) in [5, 5.41) is 4.57. The third kappa shape index (κ3) is 3.65. The number of aryl methyl sites for hydroxylation is 1. The Morgan fingerprint density at radius 3 is 2.85 bits per heavy atom. The number of hydrogen-bond acceptors (Lipinski definition) is 5. The molecule has 5 heteroatoms. The normalized spacial score (nSPS) is 14.8. The molecule has 0 unspecified atom stereocenters. The molecule has 1 aliphatic heterocycles. The van der Waals surface area contributed by atoms with E-state index in [0.717, 1.165) is 52.0 Å². The first-order chi connectivity index (χ1) is 12.9. The van der Waals surface area contributed by atoms with Crippen molar-refractivity contribution in [1.82, 2.24) is 4.98 Å². The average molecular weight is 381 g/mol.